The first kappa shape index (κ1) is 15.3. The summed E-state index contributed by atoms with van der Waals surface area (Å²) in [5.41, 5.74) is 6.75. The fourth-order valence-corrected chi connectivity index (χ4v) is 1.77. The predicted molar refractivity (Wildman–Crippen MR) is 71.6 cm³/mol. The second-order valence-corrected chi connectivity index (χ2v) is 3.79. The van der Waals surface area contributed by atoms with Crippen LogP contribution in [0.25, 0.3) is 0 Å². The zero-order valence-corrected chi connectivity index (χ0v) is 11.6. The Morgan fingerprint density at radius 1 is 1.31 bits per heavy atom. The third-order valence-electron chi connectivity index (χ3n) is 2.11. The Balaban J connectivity index is 0.00000225. The molecule has 16 heavy (non-hydrogen) atoms. The lowest BCUT2D eigenvalue weighted by Gasteiger charge is -2.13. The molecule has 0 bridgehead atoms. The van der Waals surface area contributed by atoms with E-state index >= 15 is 0 Å². The molecule has 0 radical (unpaired) electrons. The molecular formula is C11H15BrClNO2. The van der Waals surface area contributed by atoms with Crippen molar-refractivity contribution in [2.24, 2.45) is 5.73 Å². The summed E-state index contributed by atoms with van der Waals surface area (Å²) in [6.07, 6.45) is 1.67. The number of hydrogen-bond acceptors (Lipinski definition) is 3. The molecule has 0 aromatic heterocycles. The highest BCUT2D eigenvalue weighted by atomic mass is 79.9. The van der Waals surface area contributed by atoms with Gasteiger partial charge in [-0.1, -0.05) is 6.08 Å². The lowest BCUT2D eigenvalue weighted by molar-refractivity contribution is 0.388. The van der Waals surface area contributed by atoms with E-state index in [9.17, 15) is 0 Å². The largest absolute Gasteiger partial charge is 0.495 e. The zero-order valence-electron chi connectivity index (χ0n) is 9.20. The smallest absolute Gasteiger partial charge is 0.137 e. The molecule has 0 aliphatic carbocycles. The molecule has 1 atom stereocenters. The van der Waals surface area contributed by atoms with E-state index in [1.54, 1.807) is 20.3 Å². The highest BCUT2D eigenvalue weighted by Gasteiger charge is 2.12. The number of ether oxygens (including phenoxy) is 2. The molecule has 90 valence electrons. The van der Waals surface area contributed by atoms with Crippen LogP contribution in [0.5, 0.6) is 11.5 Å². The molecule has 0 saturated heterocycles. The molecule has 5 heteroatoms. The highest BCUT2D eigenvalue weighted by Crippen LogP contribution is 2.36. The van der Waals surface area contributed by atoms with Crippen LogP contribution in [0.4, 0.5) is 0 Å². The van der Waals surface area contributed by atoms with E-state index in [1.807, 2.05) is 12.1 Å². The minimum Gasteiger partial charge on any atom is -0.495 e. The highest BCUT2D eigenvalue weighted by molar-refractivity contribution is 9.10. The summed E-state index contributed by atoms with van der Waals surface area (Å²) in [4.78, 5) is 0. The fourth-order valence-electron chi connectivity index (χ4n) is 1.22. The molecule has 3 nitrogen and oxygen atoms in total. The summed E-state index contributed by atoms with van der Waals surface area (Å²) < 4.78 is 11.2. The summed E-state index contributed by atoms with van der Waals surface area (Å²) in [7, 11) is 3.20. The number of rotatable bonds is 4. The number of hydrogen-bond donors (Lipinski definition) is 1. The van der Waals surface area contributed by atoms with Gasteiger partial charge in [-0.25, -0.2) is 0 Å². The SMILES string of the molecule is C=C[C@@H](N)c1cc(OC)c(Br)c(OC)c1.Cl. The summed E-state index contributed by atoms with van der Waals surface area (Å²) in [6, 6.07) is 3.50. The molecule has 0 aliphatic rings. The molecule has 2 N–H and O–H groups in total. The van der Waals surface area contributed by atoms with Gasteiger partial charge in [0.2, 0.25) is 0 Å². The Kier molecular flexibility index (Phi) is 6.48. The van der Waals surface area contributed by atoms with Crippen LogP contribution in [-0.2, 0) is 0 Å². The van der Waals surface area contributed by atoms with Crippen LogP contribution in [0.3, 0.4) is 0 Å². The van der Waals surface area contributed by atoms with E-state index in [4.69, 9.17) is 15.2 Å². The maximum atomic E-state index is 5.85. The molecule has 0 amide bonds. The maximum Gasteiger partial charge on any atom is 0.137 e. The quantitative estimate of drug-likeness (QED) is 0.869. The van der Waals surface area contributed by atoms with Crippen molar-refractivity contribution in [3.8, 4) is 11.5 Å². The first-order chi connectivity index (χ1) is 7.13. The van der Waals surface area contributed by atoms with Crippen molar-refractivity contribution in [1.82, 2.24) is 0 Å². The molecule has 0 saturated carbocycles. The number of benzene rings is 1. The van der Waals surface area contributed by atoms with Gasteiger partial charge >= 0.3 is 0 Å². The normalized spacial score (nSPS) is 11.2. The molecule has 0 aliphatic heterocycles. The number of methoxy groups -OCH3 is 2. The van der Waals surface area contributed by atoms with Crippen molar-refractivity contribution in [2.45, 2.75) is 6.04 Å². The van der Waals surface area contributed by atoms with Gasteiger partial charge in [0.25, 0.3) is 0 Å². The summed E-state index contributed by atoms with van der Waals surface area (Å²) in [5.74, 6) is 1.39. The fraction of sp³-hybridized carbons (Fsp3) is 0.273. The maximum absolute atomic E-state index is 5.85. The molecular weight excluding hydrogens is 293 g/mol. The van der Waals surface area contributed by atoms with Crippen LogP contribution in [0.1, 0.15) is 11.6 Å². The summed E-state index contributed by atoms with van der Waals surface area (Å²) >= 11 is 3.39. The monoisotopic (exact) mass is 307 g/mol. The third-order valence-corrected chi connectivity index (χ3v) is 2.89. The minimum atomic E-state index is -0.221. The Morgan fingerprint density at radius 3 is 2.06 bits per heavy atom. The Hall–Kier alpha value is -0.710. The van der Waals surface area contributed by atoms with E-state index in [-0.39, 0.29) is 18.4 Å². The van der Waals surface area contributed by atoms with Gasteiger partial charge in [0.15, 0.2) is 0 Å². The van der Waals surface area contributed by atoms with Crippen molar-refractivity contribution >= 4 is 28.3 Å². The lowest BCUT2D eigenvalue weighted by Crippen LogP contribution is -2.07. The third kappa shape index (κ3) is 3.14. The molecule has 1 aromatic carbocycles. The molecule has 0 spiro atoms. The summed E-state index contributed by atoms with van der Waals surface area (Å²) in [5, 5.41) is 0. The number of nitrogens with two attached hydrogens (primary N) is 1. The Morgan fingerprint density at radius 2 is 1.75 bits per heavy atom. The Bertz CT molecular complexity index is 346. The van der Waals surface area contributed by atoms with Crippen LogP contribution in [0.15, 0.2) is 29.3 Å². The van der Waals surface area contributed by atoms with Crippen LogP contribution in [0, 0.1) is 0 Å². The van der Waals surface area contributed by atoms with Gasteiger partial charge < -0.3 is 15.2 Å². The topological polar surface area (TPSA) is 44.5 Å². The van der Waals surface area contributed by atoms with Gasteiger partial charge in [-0.05, 0) is 33.6 Å². The lowest BCUT2D eigenvalue weighted by atomic mass is 10.1. The van der Waals surface area contributed by atoms with Crippen molar-refractivity contribution in [3.05, 3.63) is 34.8 Å². The van der Waals surface area contributed by atoms with Gasteiger partial charge in [0.1, 0.15) is 16.0 Å². The first-order valence-corrected chi connectivity index (χ1v) is 5.23. The molecule has 0 heterocycles. The van der Waals surface area contributed by atoms with Crippen molar-refractivity contribution in [2.75, 3.05) is 14.2 Å². The van der Waals surface area contributed by atoms with Gasteiger partial charge in [-0.2, -0.15) is 0 Å². The second kappa shape index (κ2) is 6.78. The second-order valence-electron chi connectivity index (χ2n) is 3.00. The first-order valence-electron chi connectivity index (χ1n) is 4.43. The van der Waals surface area contributed by atoms with Crippen molar-refractivity contribution in [1.29, 1.82) is 0 Å². The van der Waals surface area contributed by atoms with Crippen LogP contribution >= 0.6 is 28.3 Å². The molecule has 1 rings (SSSR count). The van der Waals surface area contributed by atoms with Crippen molar-refractivity contribution < 1.29 is 9.47 Å². The van der Waals surface area contributed by atoms with Crippen LogP contribution < -0.4 is 15.2 Å². The van der Waals surface area contributed by atoms with Crippen molar-refractivity contribution in [3.63, 3.8) is 0 Å². The molecule has 0 fully saturated rings. The molecule has 0 unspecified atom stereocenters. The van der Waals surface area contributed by atoms with E-state index < -0.39 is 0 Å². The zero-order chi connectivity index (χ0) is 11.4. The van der Waals surface area contributed by atoms with Gasteiger partial charge in [-0.15, -0.1) is 19.0 Å². The number of halogens is 2. The predicted octanol–water partition coefficient (Wildman–Crippen LogP) is 3.07. The summed E-state index contributed by atoms with van der Waals surface area (Å²) in [6.45, 7) is 3.65. The van der Waals surface area contributed by atoms with Crippen LogP contribution in [-0.4, -0.2) is 14.2 Å². The molecule has 1 aromatic rings. The van der Waals surface area contributed by atoms with Gasteiger partial charge in [0.05, 0.1) is 14.2 Å². The minimum absolute atomic E-state index is 0. The van der Waals surface area contributed by atoms with E-state index in [1.165, 1.54) is 0 Å². The van der Waals surface area contributed by atoms with E-state index in [0.717, 1.165) is 10.0 Å². The average molecular weight is 309 g/mol. The average Bonchev–Trinajstić information content (AvgIpc) is 2.28. The van der Waals surface area contributed by atoms with Crippen LogP contribution in [0.2, 0.25) is 0 Å². The van der Waals surface area contributed by atoms with Gasteiger partial charge in [-0.3, -0.25) is 0 Å². The Labute approximate surface area is 110 Å². The van der Waals surface area contributed by atoms with E-state index in [2.05, 4.69) is 22.5 Å². The standard InChI is InChI=1S/C11H14BrNO2.ClH/c1-4-8(13)7-5-9(14-2)11(12)10(6-7)15-3;/h4-6,8H,1,13H2,2-3H3;1H/t8-;/m1./s1. The van der Waals surface area contributed by atoms with E-state index in [0.29, 0.717) is 11.5 Å². The van der Waals surface area contributed by atoms with Gasteiger partial charge in [0, 0.05) is 6.04 Å².